The number of hydrogen-bond acceptors (Lipinski definition) is 3. The van der Waals surface area contributed by atoms with E-state index in [-0.39, 0.29) is 0 Å². The standard InChI is InChI=1S/C20H15ClN2O3/c21-16-11-9-14(10-12-16)19(24)22-23-20(25)15-5-4-8-18(13-15)26-17-6-2-1-3-7-17/h1-13H,(H,22,24)(H,23,25). The van der Waals surface area contributed by atoms with Gasteiger partial charge in [-0.3, -0.25) is 20.4 Å². The average Bonchev–Trinajstić information content (AvgIpc) is 2.67. The lowest BCUT2D eigenvalue weighted by molar-refractivity contribution is 0.0846. The first-order valence-electron chi connectivity index (χ1n) is 7.81. The van der Waals surface area contributed by atoms with E-state index in [1.807, 2.05) is 30.3 Å². The molecule has 130 valence electrons. The maximum atomic E-state index is 12.2. The van der Waals surface area contributed by atoms with Crippen molar-refractivity contribution in [1.82, 2.24) is 10.9 Å². The number of para-hydroxylation sites is 1. The van der Waals surface area contributed by atoms with Crippen LogP contribution in [0.3, 0.4) is 0 Å². The Morgan fingerprint density at radius 2 is 1.31 bits per heavy atom. The normalized spacial score (nSPS) is 10.0. The van der Waals surface area contributed by atoms with Crippen molar-refractivity contribution in [3.05, 3.63) is 95.0 Å². The van der Waals surface area contributed by atoms with Gasteiger partial charge in [0.2, 0.25) is 0 Å². The SMILES string of the molecule is O=C(NNC(=O)c1cccc(Oc2ccccc2)c1)c1ccc(Cl)cc1. The third-order valence-electron chi connectivity index (χ3n) is 3.47. The number of hydrogen-bond donors (Lipinski definition) is 2. The van der Waals surface area contributed by atoms with Gasteiger partial charge >= 0.3 is 0 Å². The Balaban J connectivity index is 1.62. The molecule has 5 nitrogen and oxygen atoms in total. The molecule has 0 fully saturated rings. The van der Waals surface area contributed by atoms with Crippen LogP contribution in [0, 0.1) is 0 Å². The zero-order valence-electron chi connectivity index (χ0n) is 13.6. The fourth-order valence-electron chi connectivity index (χ4n) is 2.18. The zero-order chi connectivity index (χ0) is 18.4. The first-order chi connectivity index (χ1) is 12.6. The minimum atomic E-state index is -0.453. The van der Waals surface area contributed by atoms with Gasteiger partial charge in [-0.05, 0) is 54.6 Å². The lowest BCUT2D eigenvalue weighted by Crippen LogP contribution is -2.41. The van der Waals surface area contributed by atoms with Gasteiger partial charge in [0, 0.05) is 16.1 Å². The number of carbonyl (C=O) groups excluding carboxylic acids is 2. The fourth-order valence-corrected chi connectivity index (χ4v) is 2.31. The Labute approximate surface area is 155 Å². The van der Waals surface area contributed by atoms with Crippen LogP contribution in [-0.2, 0) is 0 Å². The number of halogens is 1. The summed E-state index contributed by atoms with van der Waals surface area (Å²) in [7, 11) is 0. The van der Waals surface area contributed by atoms with Crippen LogP contribution in [0.15, 0.2) is 78.9 Å². The van der Waals surface area contributed by atoms with Crippen LogP contribution in [0.5, 0.6) is 11.5 Å². The molecule has 0 aromatic heterocycles. The lowest BCUT2D eigenvalue weighted by Gasteiger charge is -2.09. The molecule has 0 unspecified atom stereocenters. The molecule has 2 amide bonds. The van der Waals surface area contributed by atoms with Crippen molar-refractivity contribution in [3.8, 4) is 11.5 Å². The van der Waals surface area contributed by atoms with Gasteiger partial charge in [-0.25, -0.2) is 0 Å². The molecule has 0 saturated carbocycles. The van der Waals surface area contributed by atoms with Gasteiger partial charge in [-0.15, -0.1) is 0 Å². The maximum absolute atomic E-state index is 12.2. The predicted molar refractivity (Wildman–Crippen MR) is 99.3 cm³/mol. The molecule has 6 heteroatoms. The molecule has 0 atom stereocenters. The largest absolute Gasteiger partial charge is 0.457 e. The second kappa shape index (κ2) is 8.18. The molecule has 0 spiro atoms. The highest BCUT2D eigenvalue weighted by Gasteiger charge is 2.10. The summed E-state index contributed by atoms with van der Waals surface area (Å²) < 4.78 is 5.70. The average molecular weight is 367 g/mol. The van der Waals surface area contributed by atoms with Crippen molar-refractivity contribution in [1.29, 1.82) is 0 Å². The summed E-state index contributed by atoms with van der Waals surface area (Å²) in [5.41, 5.74) is 5.48. The summed E-state index contributed by atoms with van der Waals surface area (Å²) in [5, 5.41) is 0.529. The van der Waals surface area contributed by atoms with E-state index in [9.17, 15) is 9.59 Å². The van der Waals surface area contributed by atoms with Crippen LogP contribution >= 0.6 is 11.6 Å². The number of benzene rings is 3. The molecule has 0 aliphatic rings. The van der Waals surface area contributed by atoms with Gasteiger partial charge in [-0.2, -0.15) is 0 Å². The molecule has 0 radical (unpaired) electrons. The van der Waals surface area contributed by atoms with Gasteiger partial charge < -0.3 is 4.74 Å². The summed E-state index contributed by atoms with van der Waals surface area (Å²) in [6, 6.07) is 22.2. The van der Waals surface area contributed by atoms with Crippen molar-refractivity contribution in [3.63, 3.8) is 0 Å². The smallest absolute Gasteiger partial charge is 0.269 e. The third kappa shape index (κ3) is 4.62. The van der Waals surface area contributed by atoms with E-state index in [0.717, 1.165) is 0 Å². The van der Waals surface area contributed by atoms with Gasteiger partial charge in [0.1, 0.15) is 11.5 Å². The van der Waals surface area contributed by atoms with Gasteiger partial charge in [0.05, 0.1) is 0 Å². The second-order valence-corrected chi connectivity index (χ2v) is 5.79. The van der Waals surface area contributed by atoms with E-state index < -0.39 is 11.8 Å². The third-order valence-corrected chi connectivity index (χ3v) is 3.72. The Morgan fingerprint density at radius 3 is 2.00 bits per heavy atom. The fraction of sp³-hybridized carbons (Fsp3) is 0. The molecule has 0 bridgehead atoms. The minimum absolute atomic E-state index is 0.356. The van der Waals surface area contributed by atoms with Gasteiger partial charge in [0.15, 0.2) is 0 Å². The number of amides is 2. The van der Waals surface area contributed by atoms with E-state index in [0.29, 0.717) is 27.6 Å². The van der Waals surface area contributed by atoms with Crippen LogP contribution in [0.25, 0.3) is 0 Å². The quantitative estimate of drug-likeness (QED) is 0.680. The number of carbonyl (C=O) groups is 2. The molecule has 3 rings (SSSR count). The first-order valence-corrected chi connectivity index (χ1v) is 8.19. The van der Waals surface area contributed by atoms with Crippen molar-refractivity contribution >= 4 is 23.4 Å². The monoisotopic (exact) mass is 366 g/mol. The van der Waals surface area contributed by atoms with Crippen LogP contribution in [0.4, 0.5) is 0 Å². The van der Waals surface area contributed by atoms with Crippen molar-refractivity contribution in [2.45, 2.75) is 0 Å². The molecular formula is C20H15ClN2O3. The molecule has 3 aromatic rings. The molecular weight excluding hydrogens is 352 g/mol. The summed E-state index contributed by atoms with van der Waals surface area (Å²) in [5.74, 6) is 0.298. The van der Waals surface area contributed by atoms with Crippen molar-refractivity contribution in [2.24, 2.45) is 0 Å². The topological polar surface area (TPSA) is 67.4 Å². The Kier molecular flexibility index (Phi) is 5.51. The summed E-state index contributed by atoms with van der Waals surface area (Å²) >= 11 is 5.78. The van der Waals surface area contributed by atoms with E-state index in [2.05, 4.69) is 10.9 Å². The first kappa shape index (κ1) is 17.5. The Hall–Kier alpha value is -3.31. The number of ether oxygens (including phenoxy) is 1. The highest BCUT2D eigenvalue weighted by Crippen LogP contribution is 2.21. The second-order valence-electron chi connectivity index (χ2n) is 5.36. The maximum Gasteiger partial charge on any atom is 0.269 e. The molecule has 0 saturated heterocycles. The van der Waals surface area contributed by atoms with Crippen LogP contribution in [0.1, 0.15) is 20.7 Å². The van der Waals surface area contributed by atoms with E-state index >= 15 is 0 Å². The molecule has 3 aromatic carbocycles. The molecule has 0 heterocycles. The number of rotatable bonds is 4. The van der Waals surface area contributed by atoms with Crippen LogP contribution in [0.2, 0.25) is 5.02 Å². The number of hydrazine groups is 1. The zero-order valence-corrected chi connectivity index (χ0v) is 14.4. The number of nitrogens with one attached hydrogen (secondary N) is 2. The highest BCUT2D eigenvalue weighted by molar-refractivity contribution is 6.30. The summed E-state index contributed by atoms with van der Waals surface area (Å²) in [6.45, 7) is 0. The predicted octanol–water partition coefficient (Wildman–Crippen LogP) is 4.21. The van der Waals surface area contributed by atoms with E-state index in [1.165, 1.54) is 0 Å². The minimum Gasteiger partial charge on any atom is -0.457 e. The van der Waals surface area contributed by atoms with E-state index in [1.54, 1.807) is 48.5 Å². The van der Waals surface area contributed by atoms with Gasteiger partial charge in [0.25, 0.3) is 11.8 Å². The molecule has 26 heavy (non-hydrogen) atoms. The van der Waals surface area contributed by atoms with Crippen LogP contribution in [-0.4, -0.2) is 11.8 Å². The highest BCUT2D eigenvalue weighted by atomic mass is 35.5. The molecule has 0 aliphatic heterocycles. The molecule has 2 N–H and O–H groups in total. The Morgan fingerprint density at radius 1 is 0.692 bits per heavy atom. The lowest BCUT2D eigenvalue weighted by atomic mass is 10.2. The molecule has 0 aliphatic carbocycles. The summed E-state index contributed by atoms with van der Waals surface area (Å²) in [6.07, 6.45) is 0. The summed E-state index contributed by atoms with van der Waals surface area (Å²) in [4.78, 5) is 24.2. The Bertz CT molecular complexity index is 912. The van der Waals surface area contributed by atoms with Crippen molar-refractivity contribution < 1.29 is 14.3 Å². The van der Waals surface area contributed by atoms with Crippen LogP contribution < -0.4 is 15.6 Å². The van der Waals surface area contributed by atoms with E-state index in [4.69, 9.17) is 16.3 Å². The van der Waals surface area contributed by atoms with Gasteiger partial charge in [-0.1, -0.05) is 35.9 Å². The van der Waals surface area contributed by atoms with Crippen molar-refractivity contribution in [2.75, 3.05) is 0 Å².